The Balaban J connectivity index is 1.69. The maximum atomic E-state index is 4.63. The van der Waals surface area contributed by atoms with Crippen LogP contribution in [-0.4, -0.2) is 24.1 Å². The third kappa shape index (κ3) is 3.27. The van der Waals surface area contributed by atoms with Gasteiger partial charge < -0.3 is 10.2 Å². The summed E-state index contributed by atoms with van der Waals surface area (Å²) in [6.07, 6.45) is 7.13. The molecule has 1 saturated carbocycles. The Labute approximate surface area is 116 Å². The second-order valence-corrected chi connectivity index (χ2v) is 6.79. The summed E-state index contributed by atoms with van der Waals surface area (Å²) in [5.41, 5.74) is 1.85. The summed E-state index contributed by atoms with van der Waals surface area (Å²) in [6.45, 7) is 7.99. The lowest BCUT2D eigenvalue weighted by atomic mass is 9.82. The monoisotopic (exact) mass is 259 g/mol. The number of piperidine rings is 1. The van der Waals surface area contributed by atoms with Crippen molar-refractivity contribution in [3.63, 3.8) is 0 Å². The number of pyridine rings is 1. The average Bonchev–Trinajstić information content (AvgIpc) is 3.21. The Hall–Kier alpha value is -1.09. The second kappa shape index (κ2) is 5.12. The van der Waals surface area contributed by atoms with Crippen molar-refractivity contribution < 1.29 is 0 Å². The van der Waals surface area contributed by atoms with E-state index in [-0.39, 0.29) is 0 Å². The normalized spacial score (nSPS) is 22.5. The lowest BCUT2D eigenvalue weighted by molar-refractivity contribution is 0.279. The summed E-state index contributed by atoms with van der Waals surface area (Å²) in [7, 11) is 0. The molecule has 0 amide bonds. The fourth-order valence-electron chi connectivity index (χ4n) is 2.72. The van der Waals surface area contributed by atoms with Gasteiger partial charge in [0.2, 0.25) is 0 Å². The van der Waals surface area contributed by atoms with Crippen molar-refractivity contribution in [1.29, 1.82) is 0 Å². The number of rotatable bonds is 4. The van der Waals surface area contributed by atoms with Crippen molar-refractivity contribution in [3.8, 4) is 0 Å². The molecule has 1 aliphatic carbocycles. The molecule has 2 fully saturated rings. The SMILES string of the molecule is CC1(C)CCN(c2ncccc2CNC2CC2)CC1. The van der Waals surface area contributed by atoms with Crippen LogP contribution in [0.15, 0.2) is 18.3 Å². The lowest BCUT2D eigenvalue weighted by Gasteiger charge is -2.38. The van der Waals surface area contributed by atoms with Crippen LogP contribution >= 0.6 is 0 Å². The van der Waals surface area contributed by atoms with E-state index in [1.165, 1.54) is 37.1 Å². The predicted molar refractivity (Wildman–Crippen MR) is 79.3 cm³/mol. The first-order chi connectivity index (χ1) is 9.14. The van der Waals surface area contributed by atoms with Crippen LogP contribution in [0.1, 0.15) is 45.1 Å². The highest BCUT2D eigenvalue weighted by molar-refractivity contribution is 5.47. The van der Waals surface area contributed by atoms with E-state index in [0.29, 0.717) is 5.41 Å². The van der Waals surface area contributed by atoms with Crippen LogP contribution in [0, 0.1) is 5.41 Å². The number of hydrogen-bond donors (Lipinski definition) is 1. The van der Waals surface area contributed by atoms with Crippen molar-refractivity contribution in [2.75, 3.05) is 18.0 Å². The van der Waals surface area contributed by atoms with Crippen molar-refractivity contribution in [1.82, 2.24) is 10.3 Å². The summed E-state index contributed by atoms with van der Waals surface area (Å²) in [6, 6.07) is 5.03. The zero-order valence-corrected chi connectivity index (χ0v) is 12.2. The van der Waals surface area contributed by atoms with Gasteiger partial charge in [0.1, 0.15) is 5.82 Å². The van der Waals surface area contributed by atoms with Gasteiger partial charge in [0, 0.05) is 37.4 Å². The molecule has 19 heavy (non-hydrogen) atoms. The second-order valence-electron chi connectivity index (χ2n) is 6.79. The van der Waals surface area contributed by atoms with Crippen molar-refractivity contribution in [2.45, 2.75) is 52.1 Å². The summed E-state index contributed by atoms with van der Waals surface area (Å²) in [4.78, 5) is 7.10. The van der Waals surface area contributed by atoms with Gasteiger partial charge in [-0.3, -0.25) is 0 Å². The van der Waals surface area contributed by atoms with E-state index in [1.807, 2.05) is 6.20 Å². The highest BCUT2D eigenvalue weighted by Gasteiger charge is 2.27. The van der Waals surface area contributed by atoms with E-state index in [9.17, 15) is 0 Å². The van der Waals surface area contributed by atoms with Gasteiger partial charge in [-0.2, -0.15) is 0 Å². The third-order valence-corrected chi connectivity index (χ3v) is 4.44. The van der Waals surface area contributed by atoms with Crippen molar-refractivity contribution in [2.24, 2.45) is 5.41 Å². The van der Waals surface area contributed by atoms with Gasteiger partial charge in [-0.1, -0.05) is 19.9 Å². The number of anilines is 1. The quantitative estimate of drug-likeness (QED) is 0.901. The average molecular weight is 259 g/mol. The molecule has 0 aromatic carbocycles. The van der Waals surface area contributed by atoms with Crippen LogP contribution in [0.5, 0.6) is 0 Å². The standard InChI is InChI=1S/C16H25N3/c1-16(2)7-10-19(11-8-16)15-13(4-3-9-17-15)12-18-14-5-6-14/h3-4,9,14,18H,5-8,10-12H2,1-2H3. The Kier molecular flexibility index (Phi) is 3.48. The van der Waals surface area contributed by atoms with Crippen LogP contribution < -0.4 is 10.2 Å². The summed E-state index contributed by atoms with van der Waals surface area (Å²) >= 11 is 0. The molecule has 0 spiro atoms. The molecule has 2 heterocycles. The van der Waals surface area contributed by atoms with E-state index in [1.54, 1.807) is 0 Å². The third-order valence-electron chi connectivity index (χ3n) is 4.44. The molecule has 0 radical (unpaired) electrons. The number of nitrogens with zero attached hydrogens (tertiary/aromatic N) is 2. The molecule has 0 bridgehead atoms. The van der Waals surface area contributed by atoms with Crippen molar-refractivity contribution in [3.05, 3.63) is 23.9 Å². The van der Waals surface area contributed by atoms with Gasteiger partial charge in [0.05, 0.1) is 0 Å². The first kappa shape index (κ1) is 12.9. The molecule has 3 heteroatoms. The molecule has 1 aromatic rings. The maximum absolute atomic E-state index is 4.63. The molecular weight excluding hydrogens is 234 g/mol. The van der Waals surface area contributed by atoms with Crippen LogP contribution in [0.2, 0.25) is 0 Å². The number of hydrogen-bond acceptors (Lipinski definition) is 3. The van der Waals surface area contributed by atoms with Gasteiger partial charge in [0.15, 0.2) is 0 Å². The topological polar surface area (TPSA) is 28.2 Å². The largest absolute Gasteiger partial charge is 0.356 e. The molecule has 1 saturated heterocycles. The van der Waals surface area contributed by atoms with Crippen molar-refractivity contribution >= 4 is 5.82 Å². The zero-order valence-electron chi connectivity index (χ0n) is 12.2. The smallest absolute Gasteiger partial charge is 0.133 e. The molecule has 1 aromatic heterocycles. The molecule has 3 rings (SSSR count). The molecule has 2 aliphatic rings. The maximum Gasteiger partial charge on any atom is 0.133 e. The molecule has 0 atom stereocenters. The predicted octanol–water partition coefficient (Wildman–Crippen LogP) is 2.96. The van der Waals surface area contributed by atoms with Gasteiger partial charge >= 0.3 is 0 Å². The Bertz CT molecular complexity index is 427. The van der Waals surface area contributed by atoms with Crippen LogP contribution in [0.3, 0.4) is 0 Å². The Morgan fingerprint density at radius 1 is 1.32 bits per heavy atom. The lowest BCUT2D eigenvalue weighted by Crippen LogP contribution is -2.38. The van der Waals surface area contributed by atoms with Crippen LogP contribution in [-0.2, 0) is 6.54 Å². The van der Waals surface area contributed by atoms with Gasteiger partial charge in [-0.25, -0.2) is 4.98 Å². The molecular formula is C16H25N3. The highest BCUT2D eigenvalue weighted by Crippen LogP contribution is 2.32. The molecule has 1 aliphatic heterocycles. The molecule has 0 unspecified atom stereocenters. The fourth-order valence-corrected chi connectivity index (χ4v) is 2.72. The van der Waals surface area contributed by atoms with Gasteiger partial charge in [-0.15, -0.1) is 0 Å². The van der Waals surface area contributed by atoms with E-state index in [4.69, 9.17) is 0 Å². The molecule has 104 valence electrons. The molecule has 3 nitrogen and oxygen atoms in total. The van der Waals surface area contributed by atoms with Gasteiger partial charge in [0.25, 0.3) is 0 Å². The zero-order chi connectivity index (χ0) is 13.3. The fraction of sp³-hybridized carbons (Fsp3) is 0.688. The first-order valence-corrected chi connectivity index (χ1v) is 7.56. The van der Waals surface area contributed by atoms with E-state index >= 15 is 0 Å². The Morgan fingerprint density at radius 3 is 2.74 bits per heavy atom. The van der Waals surface area contributed by atoms with E-state index in [2.05, 4.69) is 41.2 Å². The molecule has 1 N–H and O–H groups in total. The minimum atomic E-state index is 0.498. The highest BCUT2D eigenvalue weighted by atomic mass is 15.2. The number of nitrogens with one attached hydrogen (secondary N) is 1. The van der Waals surface area contributed by atoms with Gasteiger partial charge in [-0.05, 0) is 37.2 Å². The summed E-state index contributed by atoms with van der Waals surface area (Å²) < 4.78 is 0. The minimum absolute atomic E-state index is 0.498. The first-order valence-electron chi connectivity index (χ1n) is 7.56. The van der Waals surface area contributed by atoms with Crippen LogP contribution in [0.4, 0.5) is 5.82 Å². The summed E-state index contributed by atoms with van der Waals surface area (Å²) in [5.74, 6) is 1.20. The Morgan fingerprint density at radius 2 is 2.05 bits per heavy atom. The van der Waals surface area contributed by atoms with E-state index < -0.39 is 0 Å². The number of aromatic nitrogens is 1. The van der Waals surface area contributed by atoms with Crippen LogP contribution in [0.25, 0.3) is 0 Å². The van der Waals surface area contributed by atoms with E-state index in [0.717, 1.165) is 25.7 Å². The summed E-state index contributed by atoms with van der Waals surface area (Å²) in [5, 5.41) is 3.60. The minimum Gasteiger partial charge on any atom is -0.356 e.